The van der Waals surface area contributed by atoms with Gasteiger partial charge in [-0.15, -0.1) is 0 Å². The molecule has 0 saturated carbocycles. The summed E-state index contributed by atoms with van der Waals surface area (Å²) in [4.78, 5) is 43.3. The molecule has 8 heteroatoms. The van der Waals surface area contributed by atoms with E-state index in [1.807, 2.05) is 19.1 Å². The Balaban J connectivity index is 1.90. The van der Waals surface area contributed by atoms with E-state index in [-0.39, 0.29) is 30.0 Å². The number of hydrogen-bond acceptors (Lipinski definition) is 5. The molecule has 0 aliphatic carbocycles. The number of hydrogen-bond donors (Lipinski definition) is 0. The zero-order valence-corrected chi connectivity index (χ0v) is 17.5. The molecule has 0 spiro atoms. The highest BCUT2D eigenvalue weighted by atomic mass is 16.5. The molecule has 158 valence electrons. The Morgan fingerprint density at radius 1 is 1.10 bits per heavy atom. The maximum Gasteiger partial charge on any atom is 0.337 e. The number of aromatic nitrogens is 4. The second kappa shape index (κ2) is 8.06. The topological polar surface area (TPSA) is 88.1 Å². The van der Waals surface area contributed by atoms with Crippen molar-refractivity contribution in [1.82, 2.24) is 18.7 Å². The third kappa shape index (κ3) is 3.56. The van der Waals surface area contributed by atoms with Gasteiger partial charge in [0.2, 0.25) is 0 Å². The average molecular weight is 418 g/mol. The number of rotatable bonds is 6. The Kier molecular flexibility index (Phi) is 5.29. The van der Waals surface area contributed by atoms with Gasteiger partial charge in [0, 0.05) is 18.2 Å². The van der Waals surface area contributed by atoms with Crippen LogP contribution < -0.4 is 16.0 Å². The van der Waals surface area contributed by atoms with E-state index in [9.17, 15) is 14.4 Å². The molecule has 2 aromatic carbocycles. The lowest BCUT2D eigenvalue weighted by atomic mass is 10.1. The van der Waals surface area contributed by atoms with Crippen LogP contribution in [0.4, 0.5) is 0 Å². The van der Waals surface area contributed by atoms with E-state index in [1.165, 1.54) is 22.6 Å². The fraction of sp³-hybridized carbons (Fsp3) is 0.217. The lowest BCUT2D eigenvalue weighted by molar-refractivity contribution is 0.0973. The molecule has 0 radical (unpaired) electrons. The van der Waals surface area contributed by atoms with Crippen molar-refractivity contribution in [3.05, 3.63) is 86.8 Å². The number of carbonyl (C=O) groups excluding carboxylic acids is 1. The monoisotopic (exact) mass is 418 g/mol. The summed E-state index contributed by atoms with van der Waals surface area (Å²) in [6.45, 7) is 3.80. The molecule has 0 aliphatic heterocycles. The van der Waals surface area contributed by atoms with E-state index in [0.29, 0.717) is 17.0 Å². The van der Waals surface area contributed by atoms with Crippen molar-refractivity contribution in [2.24, 2.45) is 0 Å². The SMILES string of the molecule is CCn1c(=O)c2c(ncn2CC(=O)c2ccc(C)cc2)n(-c2cccc(OC)c2)c1=O. The third-order valence-corrected chi connectivity index (χ3v) is 5.22. The first-order valence-corrected chi connectivity index (χ1v) is 9.89. The summed E-state index contributed by atoms with van der Waals surface area (Å²) in [5.41, 5.74) is 1.54. The van der Waals surface area contributed by atoms with Crippen molar-refractivity contribution in [2.75, 3.05) is 7.11 Å². The van der Waals surface area contributed by atoms with Crippen LogP contribution in [0.15, 0.2) is 64.4 Å². The number of Topliss-reactive ketones (excluding diaryl/α,β-unsaturated/α-hetero) is 1. The standard InChI is InChI=1S/C23H22N4O4/c1-4-26-22(29)20-21(27(23(26)30)17-6-5-7-18(12-17)31-3)24-14-25(20)13-19(28)16-10-8-15(2)9-11-16/h5-12,14H,4,13H2,1-3H3. The zero-order valence-electron chi connectivity index (χ0n) is 17.5. The lowest BCUT2D eigenvalue weighted by Gasteiger charge is -2.12. The maximum atomic E-state index is 13.1. The smallest absolute Gasteiger partial charge is 0.337 e. The molecule has 31 heavy (non-hydrogen) atoms. The van der Waals surface area contributed by atoms with Gasteiger partial charge in [-0.3, -0.25) is 14.2 Å². The molecule has 4 rings (SSSR count). The molecule has 8 nitrogen and oxygen atoms in total. The number of fused-ring (bicyclic) bond motifs is 1. The molecule has 0 fully saturated rings. The third-order valence-electron chi connectivity index (χ3n) is 5.22. The largest absolute Gasteiger partial charge is 0.497 e. The van der Waals surface area contributed by atoms with Gasteiger partial charge in [-0.2, -0.15) is 0 Å². The van der Waals surface area contributed by atoms with E-state index in [4.69, 9.17) is 4.74 Å². The molecule has 0 bridgehead atoms. The zero-order chi connectivity index (χ0) is 22.1. The number of carbonyl (C=O) groups is 1. The Hall–Kier alpha value is -3.94. The Labute approximate surface area is 178 Å². The highest BCUT2D eigenvalue weighted by Gasteiger charge is 2.20. The van der Waals surface area contributed by atoms with Crippen molar-refractivity contribution in [3.63, 3.8) is 0 Å². The van der Waals surface area contributed by atoms with Crippen LogP contribution >= 0.6 is 0 Å². The molecule has 0 unspecified atom stereocenters. The van der Waals surface area contributed by atoms with Gasteiger partial charge < -0.3 is 9.30 Å². The lowest BCUT2D eigenvalue weighted by Crippen LogP contribution is -2.39. The van der Waals surface area contributed by atoms with E-state index in [0.717, 1.165) is 10.1 Å². The van der Waals surface area contributed by atoms with Crippen LogP contribution in [0.3, 0.4) is 0 Å². The normalized spacial score (nSPS) is 11.1. The van der Waals surface area contributed by atoms with E-state index in [1.54, 1.807) is 43.3 Å². The van der Waals surface area contributed by atoms with Gasteiger partial charge in [-0.05, 0) is 26.0 Å². The van der Waals surface area contributed by atoms with Gasteiger partial charge in [0.05, 0.1) is 25.7 Å². The first kappa shape index (κ1) is 20.3. The average Bonchev–Trinajstić information content (AvgIpc) is 3.18. The van der Waals surface area contributed by atoms with Gasteiger partial charge in [-0.25, -0.2) is 14.3 Å². The number of aryl methyl sites for hydroxylation is 1. The van der Waals surface area contributed by atoms with Crippen LogP contribution in [0.1, 0.15) is 22.8 Å². The minimum absolute atomic E-state index is 0.0607. The van der Waals surface area contributed by atoms with E-state index in [2.05, 4.69) is 4.98 Å². The quantitative estimate of drug-likeness (QED) is 0.449. The van der Waals surface area contributed by atoms with Gasteiger partial charge in [0.25, 0.3) is 5.56 Å². The fourth-order valence-electron chi connectivity index (χ4n) is 3.55. The second-order valence-electron chi connectivity index (χ2n) is 7.20. The van der Waals surface area contributed by atoms with Crippen LogP contribution in [0, 0.1) is 6.92 Å². The van der Waals surface area contributed by atoms with Gasteiger partial charge in [0.1, 0.15) is 5.75 Å². The van der Waals surface area contributed by atoms with Crippen molar-refractivity contribution in [3.8, 4) is 11.4 Å². The number of benzene rings is 2. The first-order chi connectivity index (χ1) is 14.9. The summed E-state index contributed by atoms with van der Waals surface area (Å²) in [5.74, 6) is 0.418. The highest BCUT2D eigenvalue weighted by molar-refractivity contribution is 5.96. The molecule has 2 aromatic heterocycles. The number of methoxy groups -OCH3 is 1. The summed E-state index contributed by atoms with van der Waals surface area (Å²) >= 11 is 0. The van der Waals surface area contributed by atoms with Crippen LogP contribution in [0.5, 0.6) is 5.75 Å². The number of imidazole rings is 1. The highest BCUT2D eigenvalue weighted by Crippen LogP contribution is 2.18. The molecule has 0 saturated heterocycles. The van der Waals surface area contributed by atoms with Gasteiger partial charge in [-0.1, -0.05) is 35.9 Å². The summed E-state index contributed by atoms with van der Waals surface area (Å²) in [5, 5.41) is 0. The van der Waals surface area contributed by atoms with Crippen LogP contribution in [0.25, 0.3) is 16.9 Å². The Morgan fingerprint density at radius 2 is 1.84 bits per heavy atom. The predicted octanol–water partition coefficient (Wildman–Crippen LogP) is 2.57. The molecule has 0 atom stereocenters. The maximum absolute atomic E-state index is 13.1. The minimum Gasteiger partial charge on any atom is -0.497 e. The van der Waals surface area contributed by atoms with Crippen LogP contribution in [-0.2, 0) is 13.1 Å². The summed E-state index contributed by atoms with van der Waals surface area (Å²) in [6.07, 6.45) is 1.42. The Bertz CT molecular complexity index is 1390. The second-order valence-corrected chi connectivity index (χ2v) is 7.20. The molecule has 0 aliphatic rings. The summed E-state index contributed by atoms with van der Waals surface area (Å²) in [7, 11) is 1.54. The molecule has 0 amide bonds. The van der Waals surface area contributed by atoms with Crippen molar-refractivity contribution in [2.45, 2.75) is 26.9 Å². The number of nitrogens with zero attached hydrogens (tertiary/aromatic N) is 4. The van der Waals surface area contributed by atoms with Crippen molar-refractivity contribution < 1.29 is 9.53 Å². The van der Waals surface area contributed by atoms with Crippen molar-refractivity contribution >= 4 is 16.9 Å². The first-order valence-electron chi connectivity index (χ1n) is 9.89. The summed E-state index contributed by atoms with van der Waals surface area (Å²) in [6, 6.07) is 14.2. The minimum atomic E-state index is -0.497. The molecule has 0 N–H and O–H groups in total. The number of ketones is 1. The van der Waals surface area contributed by atoms with Crippen LogP contribution in [-0.4, -0.2) is 31.6 Å². The molecular weight excluding hydrogens is 396 g/mol. The van der Waals surface area contributed by atoms with Gasteiger partial charge in [0.15, 0.2) is 16.9 Å². The van der Waals surface area contributed by atoms with Crippen molar-refractivity contribution in [1.29, 1.82) is 0 Å². The summed E-state index contributed by atoms with van der Waals surface area (Å²) < 4.78 is 9.28. The van der Waals surface area contributed by atoms with E-state index < -0.39 is 11.2 Å². The van der Waals surface area contributed by atoms with E-state index >= 15 is 0 Å². The predicted molar refractivity (Wildman–Crippen MR) is 117 cm³/mol. The van der Waals surface area contributed by atoms with Gasteiger partial charge >= 0.3 is 5.69 Å². The molecular formula is C23H22N4O4. The molecule has 2 heterocycles. The van der Waals surface area contributed by atoms with Crippen LogP contribution in [0.2, 0.25) is 0 Å². The Morgan fingerprint density at radius 3 is 2.52 bits per heavy atom. The fourth-order valence-corrected chi connectivity index (χ4v) is 3.55. The number of ether oxygens (including phenoxy) is 1. The molecule has 4 aromatic rings.